The first kappa shape index (κ1) is 22.1. The van der Waals surface area contributed by atoms with Crippen LogP contribution in [-0.4, -0.2) is 33.9 Å². The molecule has 0 amide bonds. The maximum Gasteiger partial charge on any atom is 0.263 e. The van der Waals surface area contributed by atoms with Gasteiger partial charge < -0.3 is 11.5 Å². The molecule has 8 heteroatoms. The fraction of sp³-hybridized carbons (Fsp3) is 0.240. The predicted octanol–water partition coefficient (Wildman–Crippen LogP) is 3.09. The Morgan fingerprint density at radius 2 is 1.79 bits per heavy atom. The molecule has 1 saturated heterocycles. The molecule has 0 unspecified atom stereocenters. The minimum Gasteiger partial charge on any atom is -0.402 e. The highest BCUT2D eigenvalue weighted by Gasteiger charge is 2.27. The standard InChI is InChI=1S/C25H28N8/c1-18(26)16-21(27)30-23-17-24(32-22(31-23)9-8-19-6-3-2-4-7-19)33-14-10-20(11-15-33)25-28-12-5-13-29-25/h2-9,12-13,16-17,20H,10-11,14-15,26H2,1H3,(H2,27,30,31,32)/p+1/b9-8+,18-16-. The average molecular weight is 442 g/mol. The number of hydrogen-bond acceptors (Lipinski definition) is 6. The summed E-state index contributed by atoms with van der Waals surface area (Å²) in [5.41, 5.74) is 13.5. The number of benzene rings is 1. The maximum atomic E-state index is 6.03. The Morgan fingerprint density at radius 1 is 1.06 bits per heavy atom. The number of aromatic amines is 1. The lowest BCUT2D eigenvalue weighted by molar-refractivity contribution is -0.371. The number of nitrogens with one attached hydrogen (secondary N) is 1. The number of rotatable bonds is 6. The third-order valence-electron chi connectivity index (χ3n) is 5.40. The van der Waals surface area contributed by atoms with E-state index in [1.54, 1.807) is 13.0 Å². The van der Waals surface area contributed by atoms with Crippen LogP contribution >= 0.6 is 0 Å². The van der Waals surface area contributed by atoms with E-state index in [4.69, 9.17) is 11.5 Å². The zero-order chi connectivity index (χ0) is 23.0. The fourth-order valence-electron chi connectivity index (χ4n) is 3.82. The number of amidine groups is 1. The molecule has 8 nitrogen and oxygen atoms in total. The summed E-state index contributed by atoms with van der Waals surface area (Å²) in [5.74, 6) is 3.78. The number of H-pyrrole nitrogens is 1. The molecule has 1 aromatic carbocycles. The molecule has 1 aliphatic rings. The highest BCUT2D eigenvalue weighted by atomic mass is 15.2. The maximum absolute atomic E-state index is 6.03. The van der Waals surface area contributed by atoms with E-state index in [0.29, 0.717) is 29.1 Å². The van der Waals surface area contributed by atoms with E-state index in [1.807, 2.05) is 67.0 Å². The van der Waals surface area contributed by atoms with E-state index in [9.17, 15) is 0 Å². The topological polar surface area (TPSA) is 120 Å². The number of nitrogens with zero attached hydrogens (tertiary/aromatic N) is 5. The van der Waals surface area contributed by atoms with Gasteiger partial charge in [-0.25, -0.2) is 15.0 Å². The van der Waals surface area contributed by atoms with Gasteiger partial charge in [0.25, 0.3) is 5.82 Å². The largest absolute Gasteiger partial charge is 0.402 e. The summed E-state index contributed by atoms with van der Waals surface area (Å²) in [4.78, 5) is 23.7. The summed E-state index contributed by atoms with van der Waals surface area (Å²) in [5, 5.41) is 0. The highest BCUT2D eigenvalue weighted by molar-refractivity contribution is 5.93. The first-order valence-electron chi connectivity index (χ1n) is 11.0. The van der Waals surface area contributed by atoms with Crippen LogP contribution in [0, 0.1) is 0 Å². The Kier molecular flexibility index (Phi) is 7.04. The molecule has 0 atom stereocenters. The number of nitrogens with two attached hydrogens (primary N) is 2. The third kappa shape index (κ3) is 6.22. The molecule has 0 saturated carbocycles. The number of piperidine rings is 1. The SMILES string of the molecule is C/C(N)=C/C(N)=Nc1cc(N2CCC(c3ncccn3)CC2)[nH+]c(/C=C/c2ccccc2)n1. The van der Waals surface area contributed by atoms with Crippen LogP contribution in [0.5, 0.6) is 0 Å². The zero-order valence-electron chi connectivity index (χ0n) is 18.7. The summed E-state index contributed by atoms with van der Waals surface area (Å²) >= 11 is 0. The number of allylic oxidation sites excluding steroid dienone is 1. The van der Waals surface area contributed by atoms with Crippen LogP contribution in [0.3, 0.4) is 0 Å². The van der Waals surface area contributed by atoms with Gasteiger partial charge in [-0.15, -0.1) is 0 Å². The minimum atomic E-state index is 0.317. The van der Waals surface area contributed by atoms with Crippen molar-refractivity contribution in [3.63, 3.8) is 0 Å². The molecule has 0 bridgehead atoms. The summed E-state index contributed by atoms with van der Waals surface area (Å²) < 4.78 is 0. The smallest absolute Gasteiger partial charge is 0.263 e. The van der Waals surface area contributed by atoms with E-state index in [1.165, 1.54) is 0 Å². The molecular weight excluding hydrogens is 412 g/mol. The third-order valence-corrected chi connectivity index (χ3v) is 5.40. The minimum absolute atomic E-state index is 0.317. The molecule has 4 rings (SSSR count). The monoisotopic (exact) mass is 441 g/mol. The van der Waals surface area contributed by atoms with Gasteiger partial charge >= 0.3 is 0 Å². The number of aliphatic imine (C=N–C) groups is 1. The number of anilines is 1. The second-order valence-electron chi connectivity index (χ2n) is 8.05. The molecule has 0 spiro atoms. The molecule has 3 heterocycles. The molecular formula is C25H29N8+. The lowest BCUT2D eigenvalue weighted by Crippen LogP contribution is -2.37. The van der Waals surface area contributed by atoms with Crippen LogP contribution in [0.25, 0.3) is 12.2 Å². The van der Waals surface area contributed by atoms with Crippen molar-refractivity contribution in [2.24, 2.45) is 16.5 Å². The lowest BCUT2D eigenvalue weighted by atomic mass is 9.96. The first-order chi connectivity index (χ1) is 16.1. The van der Waals surface area contributed by atoms with Crippen LogP contribution < -0.4 is 21.4 Å². The van der Waals surface area contributed by atoms with E-state index in [2.05, 4.69) is 29.8 Å². The molecule has 5 N–H and O–H groups in total. The molecule has 3 aromatic rings. The van der Waals surface area contributed by atoms with Crippen LogP contribution in [0.15, 0.2) is 71.6 Å². The molecule has 1 aliphatic heterocycles. The van der Waals surface area contributed by atoms with E-state index >= 15 is 0 Å². The second kappa shape index (κ2) is 10.5. The van der Waals surface area contributed by atoms with Crippen molar-refractivity contribution in [2.75, 3.05) is 18.0 Å². The Balaban J connectivity index is 1.59. The van der Waals surface area contributed by atoms with Gasteiger partial charge in [0.2, 0.25) is 11.6 Å². The second-order valence-corrected chi connectivity index (χ2v) is 8.05. The van der Waals surface area contributed by atoms with Crippen molar-refractivity contribution in [1.82, 2.24) is 15.0 Å². The van der Waals surface area contributed by atoms with Gasteiger partial charge in [0.15, 0.2) is 0 Å². The lowest BCUT2D eigenvalue weighted by Gasteiger charge is -2.28. The van der Waals surface area contributed by atoms with E-state index < -0.39 is 0 Å². The molecule has 2 aromatic heterocycles. The van der Waals surface area contributed by atoms with Crippen LogP contribution in [0.1, 0.15) is 42.9 Å². The van der Waals surface area contributed by atoms with Crippen molar-refractivity contribution < 1.29 is 4.98 Å². The first-order valence-corrected chi connectivity index (χ1v) is 11.0. The number of aromatic nitrogens is 4. The highest BCUT2D eigenvalue weighted by Crippen LogP contribution is 2.28. The predicted molar refractivity (Wildman–Crippen MR) is 132 cm³/mol. The molecule has 0 radical (unpaired) electrons. The summed E-state index contributed by atoms with van der Waals surface area (Å²) in [6.45, 7) is 3.53. The van der Waals surface area contributed by atoms with Crippen molar-refractivity contribution in [2.45, 2.75) is 25.7 Å². The average Bonchev–Trinajstić information content (AvgIpc) is 2.83. The summed E-state index contributed by atoms with van der Waals surface area (Å²) in [6, 6.07) is 13.9. The molecule has 1 fully saturated rings. The van der Waals surface area contributed by atoms with E-state index in [0.717, 1.165) is 43.1 Å². The fourth-order valence-corrected chi connectivity index (χ4v) is 3.82. The molecule has 33 heavy (non-hydrogen) atoms. The van der Waals surface area contributed by atoms with Crippen molar-refractivity contribution in [3.05, 3.63) is 83.8 Å². The van der Waals surface area contributed by atoms with Gasteiger partial charge in [-0.1, -0.05) is 35.3 Å². The van der Waals surface area contributed by atoms with Gasteiger partial charge in [0.1, 0.15) is 11.7 Å². The van der Waals surface area contributed by atoms with Gasteiger partial charge in [-0.05, 0) is 43.5 Å². The van der Waals surface area contributed by atoms with Crippen LogP contribution in [-0.2, 0) is 0 Å². The van der Waals surface area contributed by atoms with Crippen molar-refractivity contribution in [1.29, 1.82) is 0 Å². The molecule has 0 aliphatic carbocycles. The van der Waals surface area contributed by atoms with Gasteiger partial charge in [-0.2, -0.15) is 4.99 Å². The zero-order valence-corrected chi connectivity index (χ0v) is 18.7. The van der Waals surface area contributed by atoms with Gasteiger partial charge in [-0.3, -0.25) is 4.90 Å². The Morgan fingerprint density at radius 3 is 2.48 bits per heavy atom. The normalized spacial score (nSPS) is 15.8. The Hall–Kier alpha value is -4.07. The van der Waals surface area contributed by atoms with Crippen LogP contribution in [0.4, 0.5) is 11.6 Å². The Bertz CT molecular complexity index is 1140. The quantitative estimate of drug-likeness (QED) is 0.448. The van der Waals surface area contributed by atoms with Gasteiger partial charge in [0, 0.05) is 30.1 Å². The number of hydrogen-bond donors (Lipinski definition) is 2. The summed E-state index contributed by atoms with van der Waals surface area (Å²) in [7, 11) is 0. The molecule has 168 valence electrons. The van der Waals surface area contributed by atoms with E-state index in [-0.39, 0.29) is 0 Å². The summed E-state index contributed by atoms with van der Waals surface area (Å²) in [6.07, 6.45) is 11.2. The van der Waals surface area contributed by atoms with Gasteiger partial charge in [0.05, 0.1) is 19.2 Å². The van der Waals surface area contributed by atoms with Crippen LogP contribution in [0.2, 0.25) is 0 Å². The van der Waals surface area contributed by atoms with Crippen molar-refractivity contribution >= 4 is 29.6 Å². The van der Waals surface area contributed by atoms with Crippen molar-refractivity contribution in [3.8, 4) is 0 Å². The Labute approximate surface area is 193 Å².